The largest absolute Gasteiger partial charge is 0.394 e. The Kier molecular flexibility index (Phi) is 8.29. The quantitative estimate of drug-likeness (QED) is 0.655. The van der Waals surface area contributed by atoms with Gasteiger partial charge in [-0.3, -0.25) is 9.59 Å². The van der Waals surface area contributed by atoms with E-state index in [1.165, 1.54) is 0 Å². The lowest BCUT2D eigenvalue weighted by molar-refractivity contribution is -0.132. The molecule has 1 aliphatic carbocycles. The van der Waals surface area contributed by atoms with Gasteiger partial charge in [0.1, 0.15) is 6.04 Å². The van der Waals surface area contributed by atoms with Gasteiger partial charge < -0.3 is 15.7 Å². The predicted octanol–water partition coefficient (Wildman–Crippen LogP) is 2.67. The van der Waals surface area contributed by atoms with Crippen LogP contribution in [0.2, 0.25) is 0 Å². The minimum atomic E-state index is -0.628. The van der Waals surface area contributed by atoms with Crippen molar-refractivity contribution < 1.29 is 14.7 Å². The molecule has 0 spiro atoms. The monoisotopic (exact) mass is 374 g/mol. The molecule has 2 atom stereocenters. The SMILES string of the molecule is CC(C)C1CCC(C(=O)N[C@@H](Cc2ccccc2)C(=O)N[C@@H](C)CO)CC1. The van der Waals surface area contributed by atoms with Gasteiger partial charge in [0.05, 0.1) is 6.61 Å². The molecule has 5 nitrogen and oxygen atoms in total. The Hall–Kier alpha value is -1.88. The summed E-state index contributed by atoms with van der Waals surface area (Å²) >= 11 is 0. The van der Waals surface area contributed by atoms with Gasteiger partial charge in [-0.15, -0.1) is 0 Å². The lowest BCUT2D eigenvalue weighted by atomic mass is 9.76. The molecule has 2 rings (SSSR count). The fourth-order valence-corrected chi connectivity index (χ4v) is 3.79. The molecule has 1 saturated carbocycles. The summed E-state index contributed by atoms with van der Waals surface area (Å²) < 4.78 is 0. The maximum absolute atomic E-state index is 12.8. The fraction of sp³-hybridized carbons (Fsp3) is 0.636. The minimum Gasteiger partial charge on any atom is -0.394 e. The number of carbonyl (C=O) groups excluding carboxylic acids is 2. The highest BCUT2D eigenvalue weighted by Crippen LogP contribution is 2.33. The second-order valence-corrected chi connectivity index (χ2v) is 8.20. The van der Waals surface area contributed by atoms with E-state index in [4.69, 9.17) is 0 Å². The van der Waals surface area contributed by atoms with Gasteiger partial charge in [0, 0.05) is 18.4 Å². The van der Waals surface area contributed by atoms with Gasteiger partial charge in [0.2, 0.25) is 11.8 Å². The van der Waals surface area contributed by atoms with Gasteiger partial charge in [0.15, 0.2) is 0 Å². The molecule has 0 aromatic heterocycles. The Bertz CT molecular complexity index is 595. The molecule has 0 heterocycles. The number of amides is 2. The Morgan fingerprint density at radius 2 is 1.67 bits per heavy atom. The highest BCUT2D eigenvalue weighted by molar-refractivity contribution is 5.88. The van der Waals surface area contributed by atoms with Crippen molar-refractivity contribution in [1.29, 1.82) is 0 Å². The first kappa shape index (κ1) is 21.4. The Labute approximate surface area is 162 Å². The average molecular weight is 375 g/mol. The third-order valence-electron chi connectivity index (χ3n) is 5.66. The second-order valence-electron chi connectivity index (χ2n) is 8.20. The van der Waals surface area contributed by atoms with Crippen LogP contribution in [0, 0.1) is 17.8 Å². The molecule has 2 amide bonds. The van der Waals surface area contributed by atoms with Gasteiger partial charge in [-0.2, -0.15) is 0 Å². The number of aliphatic hydroxyl groups excluding tert-OH is 1. The number of benzene rings is 1. The molecule has 0 radical (unpaired) electrons. The van der Waals surface area contributed by atoms with Gasteiger partial charge in [0.25, 0.3) is 0 Å². The zero-order valence-corrected chi connectivity index (χ0v) is 16.8. The Morgan fingerprint density at radius 3 is 2.22 bits per heavy atom. The normalized spacial score (nSPS) is 22.1. The number of carbonyl (C=O) groups is 2. The molecular weight excluding hydrogens is 340 g/mol. The Morgan fingerprint density at radius 1 is 1.04 bits per heavy atom. The van der Waals surface area contributed by atoms with E-state index in [9.17, 15) is 14.7 Å². The summed E-state index contributed by atoms with van der Waals surface area (Å²) in [5.41, 5.74) is 0.998. The molecule has 1 aromatic rings. The number of rotatable bonds is 8. The Balaban J connectivity index is 2.00. The van der Waals surface area contributed by atoms with Gasteiger partial charge in [-0.1, -0.05) is 44.2 Å². The molecule has 150 valence electrons. The summed E-state index contributed by atoms with van der Waals surface area (Å²) in [5, 5.41) is 15.0. The minimum absolute atomic E-state index is 0.0126. The van der Waals surface area contributed by atoms with Crippen molar-refractivity contribution in [1.82, 2.24) is 10.6 Å². The zero-order valence-electron chi connectivity index (χ0n) is 16.8. The maximum atomic E-state index is 12.8. The predicted molar refractivity (Wildman–Crippen MR) is 107 cm³/mol. The first-order valence-electron chi connectivity index (χ1n) is 10.2. The van der Waals surface area contributed by atoms with Crippen molar-refractivity contribution in [3.8, 4) is 0 Å². The highest BCUT2D eigenvalue weighted by Gasteiger charge is 2.30. The first-order valence-corrected chi connectivity index (χ1v) is 10.2. The van der Waals surface area contributed by atoms with Crippen molar-refractivity contribution in [3.05, 3.63) is 35.9 Å². The molecule has 0 aliphatic heterocycles. The second kappa shape index (κ2) is 10.5. The molecule has 0 saturated heterocycles. The third kappa shape index (κ3) is 6.65. The van der Waals surface area contributed by atoms with Gasteiger partial charge in [-0.25, -0.2) is 0 Å². The van der Waals surface area contributed by atoms with Crippen LogP contribution in [0.4, 0.5) is 0 Å². The average Bonchev–Trinajstić information content (AvgIpc) is 2.68. The lowest BCUT2D eigenvalue weighted by Crippen LogP contribution is -2.52. The van der Waals surface area contributed by atoms with Gasteiger partial charge in [-0.05, 0) is 50.0 Å². The van der Waals surface area contributed by atoms with E-state index in [0.717, 1.165) is 31.2 Å². The maximum Gasteiger partial charge on any atom is 0.243 e. The zero-order chi connectivity index (χ0) is 19.8. The summed E-state index contributed by atoms with van der Waals surface area (Å²) in [6.07, 6.45) is 4.38. The van der Waals surface area contributed by atoms with Crippen molar-refractivity contribution in [3.63, 3.8) is 0 Å². The summed E-state index contributed by atoms with van der Waals surface area (Å²) in [5.74, 6) is 1.07. The third-order valence-corrected chi connectivity index (χ3v) is 5.66. The first-order chi connectivity index (χ1) is 12.9. The molecule has 5 heteroatoms. The van der Waals surface area contributed by atoms with E-state index in [-0.39, 0.29) is 30.4 Å². The highest BCUT2D eigenvalue weighted by atomic mass is 16.3. The number of hydrogen-bond donors (Lipinski definition) is 3. The van der Waals surface area contributed by atoms with E-state index in [1.807, 2.05) is 30.3 Å². The van der Waals surface area contributed by atoms with Crippen LogP contribution < -0.4 is 10.6 Å². The number of nitrogens with one attached hydrogen (secondary N) is 2. The molecule has 0 bridgehead atoms. The van der Waals surface area contributed by atoms with Crippen LogP contribution >= 0.6 is 0 Å². The molecular formula is C22H34N2O3. The molecule has 1 aliphatic rings. The summed E-state index contributed by atoms with van der Waals surface area (Å²) in [4.78, 5) is 25.4. The van der Waals surface area contributed by atoms with Crippen LogP contribution in [-0.2, 0) is 16.0 Å². The van der Waals surface area contributed by atoms with Crippen molar-refractivity contribution in [2.75, 3.05) is 6.61 Å². The molecule has 1 aromatic carbocycles. The van der Waals surface area contributed by atoms with Crippen LogP contribution in [0.3, 0.4) is 0 Å². The smallest absolute Gasteiger partial charge is 0.243 e. The number of aliphatic hydroxyl groups is 1. The van der Waals surface area contributed by atoms with Crippen molar-refractivity contribution in [2.45, 2.75) is 65.0 Å². The fourth-order valence-electron chi connectivity index (χ4n) is 3.79. The van der Waals surface area contributed by atoms with Crippen LogP contribution in [-0.4, -0.2) is 35.6 Å². The van der Waals surface area contributed by atoms with E-state index in [0.29, 0.717) is 18.3 Å². The van der Waals surface area contributed by atoms with Crippen molar-refractivity contribution in [2.24, 2.45) is 17.8 Å². The van der Waals surface area contributed by atoms with E-state index < -0.39 is 6.04 Å². The van der Waals surface area contributed by atoms with Gasteiger partial charge >= 0.3 is 0 Å². The van der Waals surface area contributed by atoms with Crippen LogP contribution in [0.1, 0.15) is 52.0 Å². The molecule has 27 heavy (non-hydrogen) atoms. The number of hydrogen-bond acceptors (Lipinski definition) is 3. The lowest BCUT2D eigenvalue weighted by Gasteiger charge is -2.31. The summed E-state index contributed by atoms with van der Waals surface area (Å²) in [7, 11) is 0. The van der Waals surface area contributed by atoms with E-state index in [2.05, 4.69) is 24.5 Å². The molecule has 1 fully saturated rings. The van der Waals surface area contributed by atoms with E-state index in [1.54, 1.807) is 6.92 Å². The van der Waals surface area contributed by atoms with E-state index >= 15 is 0 Å². The topological polar surface area (TPSA) is 78.4 Å². The molecule has 3 N–H and O–H groups in total. The summed E-state index contributed by atoms with van der Waals surface area (Å²) in [6.45, 7) is 6.10. The standard InChI is InChI=1S/C22H34N2O3/c1-15(2)18-9-11-19(12-10-18)21(26)24-20(22(27)23-16(3)14-25)13-17-7-5-4-6-8-17/h4-8,15-16,18-20,25H,9-14H2,1-3H3,(H,23,27)(H,24,26)/t16-,18?,19?,20-/m0/s1. The summed E-state index contributed by atoms with van der Waals surface area (Å²) in [6, 6.07) is 8.72. The van der Waals surface area contributed by atoms with Crippen molar-refractivity contribution >= 4 is 11.8 Å². The van der Waals surface area contributed by atoms with Crippen LogP contribution in [0.25, 0.3) is 0 Å². The van der Waals surface area contributed by atoms with Crippen LogP contribution in [0.15, 0.2) is 30.3 Å². The van der Waals surface area contributed by atoms with Crippen LogP contribution in [0.5, 0.6) is 0 Å². The molecule has 0 unspecified atom stereocenters.